The van der Waals surface area contributed by atoms with Crippen molar-refractivity contribution in [2.24, 2.45) is 0 Å². The molecule has 17 heavy (non-hydrogen) atoms. The summed E-state index contributed by atoms with van der Waals surface area (Å²) in [6.45, 7) is 5.09. The maximum Gasteiger partial charge on any atom is 0.272 e. The second kappa shape index (κ2) is 7.03. The molecule has 0 spiro atoms. The summed E-state index contributed by atoms with van der Waals surface area (Å²) in [5.74, 6) is -0.0925. The molecule has 1 rings (SSSR count). The summed E-state index contributed by atoms with van der Waals surface area (Å²) in [4.78, 5) is 13.8. The molecule has 1 aromatic heterocycles. The van der Waals surface area contributed by atoms with Crippen LogP contribution in [0.2, 0.25) is 0 Å². The topological polar surface area (TPSA) is 78.5 Å². The highest BCUT2D eigenvalue weighted by Gasteiger charge is 2.19. The van der Waals surface area contributed by atoms with E-state index >= 15 is 0 Å². The van der Waals surface area contributed by atoms with Crippen LogP contribution in [0.5, 0.6) is 0 Å². The van der Waals surface area contributed by atoms with Crippen molar-refractivity contribution in [1.29, 1.82) is 0 Å². The highest BCUT2D eigenvalue weighted by atomic mass is 16.5. The third kappa shape index (κ3) is 4.16. The Morgan fingerprint density at radius 3 is 2.88 bits per heavy atom. The van der Waals surface area contributed by atoms with E-state index in [4.69, 9.17) is 9.84 Å². The smallest absolute Gasteiger partial charge is 0.272 e. The van der Waals surface area contributed by atoms with E-state index in [1.54, 1.807) is 17.2 Å². The molecule has 0 saturated carbocycles. The maximum absolute atomic E-state index is 12.1. The first-order valence-electron chi connectivity index (χ1n) is 5.65. The number of carbonyl (C=O) groups is 1. The van der Waals surface area contributed by atoms with Gasteiger partial charge in [-0.15, -0.1) is 0 Å². The third-order valence-electron chi connectivity index (χ3n) is 2.33. The number of carbonyl (C=O) groups excluding carboxylic acids is 1. The highest BCUT2D eigenvalue weighted by molar-refractivity contribution is 5.92. The Morgan fingerprint density at radius 2 is 2.35 bits per heavy atom. The fraction of sp³-hybridized carbons (Fsp3) is 0.636. The van der Waals surface area contributed by atoms with Crippen LogP contribution >= 0.6 is 0 Å². The number of rotatable bonds is 7. The molecule has 0 bridgehead atoms. The van der Waals surface area contributed by atoms with Gasteiger partial charge in [-0.25, -0.2) is 0 Å². The molecule has 0 aliphatic rings. The van der Waals surface area contributed by atoms with Gasteiger partial charge in [-0.1, -0.05) is 0 Å². The molecule has 1 heterocycles. The van der Waals surface area contributed by atoms with Gasteiger partial charge in [0.25, 0.3) is 5.91 Å². The van der Waals surface area contributed by atoms with Crippen LogP contribution in [-0.2, 0) is 4.74 Å². The van der Waals surface area contributed by atoms with Crippen molar-refractivity contribution in [3.8, 4) is 0 Å². The average Bonchev–Trinajstić information content (AvgIpc) is 2.81. The Balaban J connectivity index is 2.51. The van der Waals surface area contributed by atoms with Gasteiger partial charge in [0.2, 0.25) is 0 Å². The molecule has 1 amide bonds. The molecule has 0 saturated heterocycles. The molecular weight excluding hydrogens is 222 g/mol. The number of hydrogen-bond acceptors (Lipinski definition) is 4. The summed E-state index contributed by atoms with van der Waals surface area (Å²) in [6.07, 6.45) is 1.55. The summed E-state index contributed by atoms with van der Waals surface area (Å²) in [6, 6.07) is 1.73. The third-order valence-corrected chi connectivity index (χ3v) is 2.33. The predicted octanol–water partition coefficient (Wildman–Crippen LogP) is 0.269. The Labute approximate surface area is 101 Å². The standard InChI is InChI=1S/C11H19N3O3/c1-9(2)14(5-7-17-8-6-15)11(16)10-3-4-12-13-10/h3-4,9,15H,5-8H2,1-2H3,(H,12,13). The molecule has 96 valence electrons. The zero-order valence-electron chi connectivity index (χ0n) is 10.2. The monoisotopic (exact) mass is 241 g/mol. The summed E-state index contributed by atoms with van der Waals surface area (Å²) in [7, 11) is 0. The SMILES string of the molecule is CC(C)N(CCOCCO)C(=O)c1ccn[nH]1. The van der Waals surface area contributed by atoms with Crippen LogP contribution < -0.4 is 0 Å². The van der Waals surface area contributed by atoms with Crippen LogP contribution in [-0.4, -0.2) is 58.5 Å². The lowest BCUT2D eigenvalue weighted by Crippen LogP contribution is -2.39. The van der Waals surface area contributed by atoms with Crippen LogP contribution in [0.1, 0.15) is 24.3 Å². The van der Waals surface area contributed by atoms with Gasteiger partial charge in [-0.05, 0) is 19.9 Å². The molecule has 0 aliphatic carbocycles. The van der Waals surface area contributed by atoms with Gasteiger partial charge < -0.3 is 14.7 Å². The number of aliphatic hydroxyl groups excluding tert-OH is 1. The molecule has 0 radical (unpaired) electrons. The Bertz CT molecular complexity index is 325. The number of nitrogens with zero attached hydrogens (tertiary/aromatic N) is 2. The number of amides is 1. The van der Waals surface area contributed by atoms with E-state index in [0.717, 1.165) is 0 Å². The Morgan fingerprint density at radius 1 is 1.59 bits per heavy atom. The lowest BCUT2D eigenvalue weighted by Gasteiger charge is -2.26. The van der Waals surface area contributed by atoms with Crippen molar-refractivity contribution >= 4 is 5.91 Å². The van der Waals surface area contributed by atoms with Crippen LogP contribution in [0.3, 0.4) is 0 Å². The number of aliphatic hydroxyl groups is 1. The van der Waals surface area contributed by atoms with Crippen LogP contribution in [0.4, 0.5) is 0 Å². The normalized spacial score (nSPS) is 10.8. The molecular formula is C11H19N3O3. The van der Waals surface area contributed by atoms with E-state index in [-0.39, 0.29) is 18.6 Å². The lowest BCUT2D eigenvalue weighted by atomic mass is 10.2. The first-order chi connectivity index (χ1) is 8.16. The Hall–Kier alpha value is -1.40. The minimum absolute atomic E-state index is 0.00380. The van der Waals surface area contributed by atoms with E-state index in [1.807, 2.05) is 13.8 Å². The van der Waals surface area contributed by atoms with Gasteiger partial charge in [0.15, 0.2) is 0 Å². The first-order valence-corrected chi connectivity index (χ1v) is 5.65. The van der Waals surface area contributed by atoms with E-state index in [2.05, 4.69) is 10.2 Å². The number of H-pyrrole nitrogens is 1. The average molecular weight is 241 g/mol. The zero-order valence-corrected chi connectivity index (χ0v) is 10.2. The van der Waals surface area contributed by atoms with Gasteiger partial charge in [0.1, 0.15) is 5.69 Å². The minimum atomic E-state index is -0.0925. The number of nitrogens with one attached hydrogen (secondary N) is 1. The number of ether oxygens (including phenoxy) is 1. The highest BCUT2D eigenvalue weighted by Crippen LogP contribution is 2.05. The molecule has 0 aliphatic heterocycles. The zero-order chi connectivity index (χ0) is 12.7. The van der Waals surface area contributed by atoms with Crippen molar-refractivity contribution in [3.05, 3.63) is 18.0 Å². The molecule has 0 fully saturated rings. The second-order valence-corrected chi connectivity index (χ2v) is 3.90. The van der Waals surface area contributed by atoms with Gasteiger partial charge >= 0.3 is 0 Å². The Kier molecular flexibility index (Phi) is 5.65. The minimum Gasteiger partial charge on any atom is -0.394 e. The van der Waals surface area contributed by atoms with Gasteiger partial charge in [-0.2, -0.15) is 5.10 Å². The van der Waals surface area contributed by atoms with Crippen molar-refractivity contribution in [2.75, 3.05) is 26.4 Å². The van der Waals surface area contributed by atoms with Crippen molar-refractivity contribution in [3.63, 3.8) is 0 Å². The number of aromatic nitrogens is 2. The van der Waals surface area contributed by atoms with Crippen molar-refractivity contribution < 1.29 is 14.6 Å². The van der Waals surface area contributed by atoms with E-state index in [9.17, 15) is 4.79 Å². The van der Waals surface area contributed by atoms with E-state index in [0.29, 0.717) is 25.5 Å². The molecule has 6 heteroatoms. The quantitative estimate of drug-likeness (QED) is 0.672. The largest absolute Gasteiger partial charge is 0.394 e. The predicted molar refractivity (Wildman–Crippen MR) is 62.7 cm³/mol. The van der Waals surface area contributed by atoms with Crippen LogP contribution in [0, 0.1) is 0 Å². The second-order valence-electron chi connectivity index (χ2n) is 3.90. The number of hydrogen-bond donors (Lipinski definition) is 2. The van der Waals surface area contributed by atoms with Crippen LogP contribution in [0.25, 0.3) is 0 Å². The first kappa shape index (κ1) is 13.7. The van der Waals surface area contributed by atoms with Crippen molar-refractivity contribution in [2.45, 2.75) is 19.9 Å². The van der Waals surface area contributed by atoms with Crippen molar-refractivity contribution in [1.82, 2.24) is 15.1 Å². The summed E-state index contributed by atoms with van der Waals surface area (Å²) in [5, 5.41) is 15.0. The number of aromatic amines is 1. The molecule has 0 unspecified atom stereocenters. The van der Waals surface area contributed by atoms with Gasteiger partial charge in [0.05, 0.1) is 19.8 Å². The van der Waals surface area contributed by atoms with E-state index in [1.165, 1.54) is 0 Å². The summed E-state index contributed by atoms with van der Waals surface area (Å²) >= 11 is 0. The summed E-state index contributed by atoms with van der Waals surface area (Å²) < 4.78 is 5.16. The maximum atomic E-state index is 12.1. The van der Waals surface area contributed by atoms with Gasteiger partial charge in [0, 0.05) is 18.8 Å². The van der Waals surface area contributed by atoms with Gasteiger partial charge in [-0.3, -0.25) is 9.89 Å². The fourth-order valence-corrected chi connectivity index (χ4v) is 1.45. The van der Waals surface area contributed by atoms with Crippen LogP contribution in [0.15, 0.2) is 12.3 Å². The van der Waals surface area contributed by atoms with E-state index < -0.39 is 0 Å². The summed E-state index contributed by atoms with van der Waals surface area (Å²) in [5.41, 5.74) is 0.473. The molecule has 0 atom stereocenters. The lowest BCUT2D eigenvalue weighted by molar-refractivity contribution is 0.0502. The molecule has 1 aromatic rings. The molecule has 0 aromatic carbocycles. The fourth-order valence-electron chi connectivity index (χ4n) is 1.45. The molecule has 2 N–H and O–H groups in total. The molecule has 6 nitrogen and oxygen atoms in total.